The molecule has 0 aliphatic heterocycles. The van der Waals surface area contributed by atoms with Crippen LogP contribution in [0.3, 0.4) is 0 Å². The molecule has 1 amide bonds. The summed E-state index contributed by atoms with van der Waals surface area (Å²) in [6.45, 7) is 5.98. The Labute approximate surface area is 113 Å². The maximum atomic E-state index is 11.5. The number of rotatable bonds is 6. The Hall–Kier alpha value is -2.22. The van der Waals surface area contributed by atoms with E-state index in [2.05, 4.69) is 5.32 Å². The second kappa shape index (κ2) is 7.27. The lowest BCUT2D eigenvalue weighted by atomic mass is 10.2. The van der Waals surface area contributed by atoms with Crippen molar-refractivity contribution in [2.45, 2.75) is 26.8 Å². The van der Waals surface area contributed by atoms with Gasteiger partial charge in [0.05, 0.1) is 18.2 Å². The maximum absolute atomic E-state index is 11.5. The molecule has 0 heterocycles. The van der Waals surface area contributed by atoms with Gasteiger partial charge in [-0.25, -0.2) is 0 Å². The summed E-state index contributed by atoms with van der Waals surface area (Å²) in [7, 11) is 0. The summed E-state index contributed by atoms with van der Waals surface area (Å²) >= 11 is 0. The van der Waals surface area contributed by atoms with Crippen LogP contribution in [0.4, 0.5) is 0 Å². The van der Waals surface area contributed by atoms with Gasteiger partial charge in [0, 0.05) is 12.1 Å². The molecule has 0 aromatic heterocycles. The van der Waals surface area contributed by atoms with Crippen molar-refractivity contribution in [3.63, 3.8) is 0 Å². The number of hydrogen-bond donors (Lipinski definition) is 1. The molecule has 0 unspecified atom stereocenters. The lowest BCUT2D eigenvalue weighted by molar-refractivity contribution is -0.123. The molecule has 1 rings (SSSR count). The number of carbonyl (C=O) groups excluding carboxylic acids is 1. The van der Waals surface area contributed by atoms with Crippen molar-refractivity contribution in [3.8, 4) is 17.6 Å². The first kappa shape index (κ1) is 14.8. The van der Waals surface area contributed by atoms with Gasteiger partial charge in [-0.2, -0.15) is 5.26 Å². The van der Waals surface area contributed by atoms with Crippen LogP contribution in [0.5, 0.6) is 11.5 Å². The smallest absolute Gasteiger partial charge is 0.258 e. The first-order valence-corrected chi connectivity index (χ1v) is 6.16. The molecule has 0 aliphatic rings. The average molecular weight is 262 g/mol. The van der Waals surface area contributed by atoms with Gasteiger partial charge < -0.3 is 14.8 Å². The molecule has 0 saturated heterocycles. The van der Waals surface area contributed by atoms with Crippen LogP contribution < -0.4 is 14.8 Å². The fourth-order valence-corrected chi connectivity index (χ4v) is 1.47. The molecule has 5 nitrogen and oxygen atoms in total. The summed E-state index contributed by atoms with van der Waals surface area (Å²) in [5.74, 6) is 0.737. The summed E-state index contributed by atoms with van der Waals surface area (Å²) in [5.41, 5.74) is 0.488. The van der Waals surface area contributed by atoms with E-state index in [0.29, 0.717) is 23.7 Å². The molecule has 0 bridgehead atoms. The van der Waals surface area contributed by atoms with Gasteiger partial charge in [-0.05, 0) is 32.9 Å². The van der Waals surface area contributed by atoms with E-state index < -0.39 is 0 Å². The third kappa shape index (κ3) is 4.88. The first-order chi connectivity index (χ1) is 9.06. The van der Waals surface area contributed by atoms with Gasteiger partial charge in [0.15, 0.2) is 18.1 Å². The second-order valence-corrected chi connectivity index (χ2v) is 4.22. The Morgan fingerprint density at radius 3 is 2.68 bits per heavy atom. The normalized spacial score (nSPS) is 9.84. The Kier molecular flexibility index (Phi) is 5.68. The fraction of sp³-hybridized carbons (Fsp3) is 0.429. The molecule has 102 valence electrons. The zero-order chi connectivity index (χ0) is 14.3. The zero-order valence-electron chi connectivity index (χ0n) is 11.4. The molecule has 0 atom stereocenters. The SMILES string of the molecule is CCOc1cc(C#N)ccc1OCC(=O)NC(C)C. The van der Waals surface area contributed by atoms with Gasteiger partial charge in [0.1, 0.15) is 0 Å². The van der Waals surface area contributed by atoms with Crippen LogP contribution >= 0.6 is 0 Å². The van der Waals surface area contributed by atoms with Gasteiger partial charge in [-0.15, -0.1) is 0 Å². The lowest BCUT2D eigenvalue weighted by Gasteiger charge is -2.13. The van der Waals surface area contributed by atoms with Crippen molar-refractivity contribution in [1.82, 2.24) is 5.32 Å². The number of amides is 1. The summed E-state index contributed by atoms with van der Waals surface area (Å²) < 4.78 is 10.8. The number of hydrogen-bond acceptors (Lipinski definition) is 4. The minimum atomic E-state index is -0.193. The maximum Gasteiger partial charge on any atom is 0.258 e. The van der Waals surface area contributed by atoms with Gasteiger partial charge in [0.25, 0.3) is 5.91 Å². The highest BCUT2D eigenvalue weighted by Gasteiger charge is 2.09. The molecule has 0 saturated carbocycles. The summed E-state index contributed by atoms with van der Waals surface area (Å²) in [6.07, 6.45) is 0. The number of ether oxygens (including phenoxy) is 2. The van der Waals surface area contributed by atoms with Crippen molar-refractivity contribution < 1.29 is 14.3 Å². The van der Waals surface area contributed by atoms with Gasteiger partial charge in [0.2, 0.25) is 0 Å². The number of nitriles is 1. The minimum Gasteiger partial charge on any atom is -0.490 e. The highest BCUT2D eigenvalue weighted by Crippen LogP contribution is 2.28. The second-order valence-electron chi connectivity index (χ2n) is 4.22. The van der Waals surface area contributed by atoms with Crippen LogP contribution in [-0.4, -0.2) is 25.2 Å². The molecule has 19 heavy (non-hydrogen) atoms. The lowest BCUT2D eigenvalue weighted by Crippen LogP contribution is -2.34. The van der Waals surface area contributed by atoms with Crippen LogP contribution in [0.2, 0.25) is 0 Å². The van der Waals surface area contributed by atoms with Crippen LogP contribution in [0, 0.1) is 11.3 Å². The highest BCUT2D eigenvalue weighted by atomic mass is 16.5. The van der Waals surface area contributed by atoms with Gasteiger partial charge in [-0.1, -0.05) is 0 Å². The predicted octanol–water partition coefficient (Wildman–Crippen LogP) is 1.86. The number of benzene rings is 1. The van der Waals surface area contributed by atoms with Crippen LogP contribution in [0.1, 0.15) is 26.3 Å². The van der Waals surface area contributed by atoms with E-state index in [1.807, 2.05) is 26.8 Å². The highest BCUT2D eigenvalue weighted by molar-refractivity contribution is 5.77. The quantitative estimate of drug-likeness (QED) is 0.849. The first-order valence-electron chi connectivity index (χ1n) is 6.16. The Morgan fingerprint density at radius 1 is 1.37 bits per heavy atom. The van der Waals surface area contributed by atoms with E-state index in [0.717, 1.165) is 0 Å². The fourth-order valence-electron chi connectivity index (χ4n) is 1.47. The third-order valence-corrected chi connectivity index (χ3v) is 2.18. The summed E-state index contributed by atoms with van der Waals surface area (Å²) in [4.78, 5) is 11.5. The van der Waals surface area contributed by atoms with Gasteiger partial charge >= 0.3 is 0 Å². The Morgan fingerprint density at radius 2 is 2.11 bits per heavy atom. The van der Waals surface area contributed by atoms with Crippen molar-refractivity contribution in [2.75, 3.05) is 13.2 Å². The molecule has 1 aromatic carbocycles. The molecule has 5 heteroatoms. The average Bonchev–Trinajstić information content (AvgIpc) is 2.36. The van der Waals surface area contributed by atoms with Crippen LogP contribution in [0.25, 0.3) is 0 Å². The summed E-state index contributed by atoms with van der Waals surface area (Å²) in [5, 5.41) is 11.6. The van der Waals surface area contributed by atoms with Crippen molar-refractivity contribution in [3.05, 3.63) is 23.8 Å². The van der Waals surface area contributed by atoms with Gasteiger partial charge in [-0.3, -0.25) is 4.79 Å². The molecule has 1 aromatic rings. The molecular formula is C14H18N2O3. The van der Waals surface area contributed by atoms with Crippen LogP contribution in [-0.2, 0) is 4.79 Å². The predicted molar refractivity (Wildman–Crippen MR) is 71.1 cm³/mol. The summed E-state index contributed by atoms with van der Waals surface area (Å²) in [6, 6.07) is 6.95. The molecule has 0 aliphatic carbocycles. The standard InChI is InChI=1S/C14H18N2O3/c1-4-18-13-7-11(8-15)5-6-12(13)19-9-14(17)16-10(2)3/h5-7,10H,4,9H2,1-3H3,(H,16,17). The molecule has 0 radical (unpaired) electrons. The third-order valence-electron chi connectivity index (χ3n) is 2.18. The van der Waals surface area contributed by atoms with E-state index in [4.69, 9.17) is 14.7 Å². The molecule has 0 fully saturated rings. The van der Waals surface area contributed by atoms with E-state index in [1.165, 1.54) is 0 Å². The topological polar surface area (TPSA) is 71.3 Å². The number of nitrogens with zero attached hydrogens (tertiary/aromatic N) is 1. The van der Waals surface area contributed by atoms with Crippen molar-refractivity contribution in [1.29, 1.82) is 5.26 Å². The van der Waals surface area contributed by atoms with Crippen molar-refractivity contribution >= 4 is 5.91 Å². The number of nitrogens with one attached hydrogen (secondary N) is 1. The zero-order valence-corrected chi connectivity index (χ0v) is 11.4. The minimum absolute atomic E-state index is 0.0726. The molecule has 0 spiro atoms. The van der Waals surface area contributed by atoms with E-state index in [1.54, 1.807) is 18.2 Å². The van der Waals surface area contributed by atoms with Crippen molar-refractivity contribution in [2.24, 2.45) is 0 Å². The monoisotopic (exact) mass is 262 g/mol. The van der Waals surface area contributed by atoms with E-state index in [9.17, 15) is 4.79 Å². The Bertz CT molecular complexity index is 478. The van der Waals surface area contributed by atoms with E-state index in [-0.39, 0.29) is 18.6 Å². The van der Waals surface area contributed by atoms with Crippen LogP contribution in [0.15, 0.2) is 18.2 Å². The Balaban J connectivity index is 2.72. The molecule has 1 N–H and O–H groups in total. The number of carbonyl (C=O) groups is 1. The molecular weight excluding hydrogens is 244 g/mol. The largest absolute Gasteiger partial charge is 0.490 e. The van der Waals surface area contributed by atoms with E-state index >= 15 is 0 Å².